The minimum Gasteiger partial charge on any atom is -0.462 e. The maximum atomic E-state index is 13.2. The van der Waals surface area contributed by atoms with Crippen molar-refractivity contribution in [2.75, 3.05) is 10.6 Å². The van der Waals surface area contributed by atoms with Crippen LogP contribution < -0.4 is 10.6 Å². The van der Waals surface area contributed by atoms with Gasteiger partial charge in [-0.15, -0.1) is 0 Å². The van der Waals surface area contributed by atoms with Crippen LogP contribution in [0.5, 0.6) is 0 Å². The summed E-state index contributed by atoms with van der Waals surface area (Å²) >= 11 is 0. The van der Waals surface area contributed by atoms with E-state index in [2.05, 4.69) is 52.2 Å². The van der Waals surface area contributed by atoms with Crippen LogP contribution in [-0.4, -0.2) is 59.2 Å². The fraction of sp³-hybridized carbons (Fsp3) is 0.653. The number of nitrogens with one attached hydrogen (secondary N) is 2. The minimum atomic E-state index is -1.06. The molecule has 2 amide bonds. The average Bonchev–Trinajstić information content (AvgIpc) is 3.77. The molecule has 4 saturated carbocycles. The van der Waals surface area contributed by atoms with E-state index >= 15 is 0 Å². The van der Waals surface area contributed by atoms with E-state index in [0.717, 1.165) is 44.9 Å². The number of hydrogen-bond acceptors (Lipinski definition) is 9. The van der Waals surface area contributed by atoms with Gasteiger partial charge in [-0.2, -0.15) is 0 Å². The summed E-state index contributed by atoms with van der Waals surface area (Å²) in [5.74, 6) is -2.31. The Morgan fingerprint density at radius 3 is 1.98 bits per heavy atom. The topological polar surface area (TPSA) is 146 Å². The lowest BCUT2D eigenvalue weighted by atomic mass is 9.35. The highest BCUT2D eigenvalue weighted by atomic mass is 16.6. The number of benzene rings is 2. The SMILES string of the molecule is CC(=O)O[C@@H]1C[C@@H]2[C@@]3(C)CC[C@@H](OC(=O)CC(=O)Nc4ccccc4)C(C)(C)[C@@H]3CC[C@@]2(C)[C@]2(C)CC[C@H]([C@]3(C)CC[C@H](C(C)(C)OC(=O)C(=O)Nc4ccccc4)O3)[C@@H]12. The number of esters is 3. The molecule has 60 heavy (non-hydrogen) atoms. The third kappa shape index (κ3) is 7.77. The van der Waals surface area contributed by atoms with Crippen LogP contribution in [0.1, 0.15) is 127 Å². The van der Waals surface area contributed by atoms with Crippen molar-refractivity contribution >= 4 is 41.1 Å². The van der Waals surface area contributed by atoms with Gasteiger partial charge in [0.2, 0.25) is 5.91 Å². The average molecular weight is 827 g/mol. The number of anilines is 2. The van der Waals surface area contributed by atoms with Gasteiger partial charge in [-0.05, 0) is 137 Å². The van der Waals surface area contributed by atoms with Crippen molar-refractivity contribution in [3.8, 4) is 0 Å². The second kappa shape index (κ2) is 15.9. The zero-order valence-electron chi connectivity index (χ0n) is 37.1. The summed E-state index contributed by atoms with van der Waals surface area (Å²) < 4.78 is 25.5. The van der Waals surface area contributed by atoms with Crippen molar-refractivity contribution in [1.29, 1.82) is 0 Å². The first-order chi connectivity index (χ1) is 28.1. The van der Waals surface area contributed by atoms with E-state index in [0.29, 0.717) is 24.2 Å². The molecule has 0 aromatic heterocycles. The van der Waals surface area contributed by atoms with Gasteiger partial charge in [0, 0.05) is 29.6 Å². The molecule has 0 spiro atoms. The molecule has 11 nitrogen and oxygen atoms in total. The van der Waals surface area contributed by atoms with Gasteiger partial charge < -0.3 is 29.6 Å². The van der Waals surface area contributed by atoms with E-state index in [-0.39, 0.29) is 69.9 Å². The first-order valence-corrected chi connectivity index (χ1v) is 22.1. The van der Waals surface area contributed by atoms with Gasteiger partial charge in [0.05, 0.1) is 11.7 Å². The molecule has 2 aromatic rings. The van der Waals surface area contributed by atoms with E-state index in [4.69, 9.17) is 18.9 Å². The van der Waals surface area contributed by atoms with Crippen LogP contribution in [0.15, 0.2) is 60.7 Å². The molecule has 0 radical (unpaired) electrons. The monoisotopic (exact) mass is 826 g/mol. The standard InChI is InChI=1S/C49H66N2O9/c1-30(52)57-34-28-36-46(6)24-22-37(58-40(54)29-39(53)50-31-16-12-10-13-17-31)44(2,3)35(46)21-26-47(36,7)48(8)25-20-33(41(34)48)49(9)27-23-38(59-49)45(4,5)60-43(56)42(55)51-32-18-14-11-15-19-32/h10-19,33-38,41H,20-29H2,1-9H3,(H,50,53)(H,51,55)/t33-,34+,35-,36+,37+,38+,41-,46-,47+,48+,49-/m0/s1. The summed E-state index contributed by atoms with van der Waals surface area (Å²) in [5.41, 5.74) is -1.13. The predicted octanol–water partition coefficient (Wildman–Crippen LogP) is 9.05. The molecule has 11 heteroatoms. The van der Waals surface area contributed by atoms with E-state index in [1.165, 1.54) is 6.92 Å². The summed E-state index contributed by atoms with van der Waals surface area (Å²) in [4.78, 5) is 64.8. The zero-order valence-corrected chi connectivity index (χ0v) is 37.1. The molecule has 1 heterocycles. The maximum Gasteiger partial charge on any atom is 0.397 e. The molecule has 4 aliphatic carbocycles. The van der Waals surface area contributed by atoms with Gasteiger partial charge in [-0.3, -0.25) is 19.2 Å². The third-order valence-corrected chi connectivity index (χ3v) is 16.7. The van der Waals surface area contributed by atoms with Crippen molar-refractivity contribution in [3.63, 3.8) is 0 Å². The number of amides is 2. The summed E-state index contributed by atoms with van der Waals surface area (Å²) in [6.45, 7) is 19.1. The van der Waals surface area contributed by atoms with Gasteiger partial charge in [0.25, 0.3) is 0 Å². The summed E-state index contributed by atoms with van der Waals surface area (Å²) in [5, 5.41) is 5.41. The minimum absolute atomic E-state index is 0.0567. The zero-order chi connectivity index (χ0) is 43.5. The van der Waals surface area contributed by atoms with Crippen molar-refractivity contribution in [1.82, 2.24) is 0 Å². The number of carbonyl (C=O) groups excluding carboxylic acids is 5. The largest absolute Gasteiger partial charge is 0.462 e. The van der Waals surface area contributed by atoms with Crippen LogP contribution in [0.2, 0.25) is 0 Å². The van der Waals surface area contributed by atoms with Crippen LogP contribution in [0, 0.1) is 45.3 Å². The van der Waals surface area contributed by atoms with Gasteiger partial charge in [-0.25, -0.2) is 4.79 Å². The Balaban J connectivity index is 1.07. The molecule has 0 unspecified atom stereocenters. The lowest BCUT2D eigenvalue weighted by molar-refractivity contribution is -0.254. The number of fused-ring (bicyclic) bond motifs is 5. The normalized spacial score (nSPS) is 36.7. The molecule has 1 aliphatic heterocycles. The molecule has 11 atom stereocenters. The second-order valence-electron chi connectivity index (χ2n) is 20.7. The first kappa shape index (κ1) is 43.8. The maximum absolute atomic E-state index is 13.2. The van der Waals surface area contributed by atoms with Gasteiger partial charge in [-0.1, -0.05) is 71.0 Å². The number of para-hydroxylation sites is 2. The molecule has 5 fully saturated rings. The lowest BCUT2D eigenvalue weighted by Crippen LogP contribution is -2.67. The fourth-order valence-electron chi connectivity index (χ4n) is 13.7. The molecule has 1 saturated heterocycles. The summed E-state index contributed by atoms with van der Waals surface area (Å²) in [6.07, 6.45) is 6.21. The van der Waals surface area contributed by atoms with Crippen LogP contribution in [0.3, 0.4) is 0 Å². The summed E-state index contributed by atoms with van der Waals surface area (Å²) in [6, 6.07) is 17.9. The fourth-order valence-corrected chi connectivity index (χ4v) is 13.7. The van der Waals surface area contributed by atoms with Crippen LogP contribution in [0.25, 0.3) is 0 Å². The first-order valence-electron chi connectivity index (χ1n) is 22.1. The van der Waals surface area contributed by atoms with Gasteiger partial charge in [0.1, 0.15) is 24.2 Å². The Bertz CT molecular complexity index is 1970. The van der Waals surface area contributed by atoms with Crippen molar-refractivity contribution in [3.05, 3.63) is 60.7 Å². The molecule has 5 aliphatic rings. The second-order valence-corrected chi connectivity index (χ2v) is 20.7. The molecule has 2 N–H and O–H groups in total. The number of carbonyl (C=O) groups is 5. The van der Waals surface area contributed by atoms with E-state index in [1.54, 1.807) is 36.4 Å². The van der Waals surface area contributed by atoms with E-state index in [9.17, 15) is 24.0 Å². The van der Waals surface area contributed by atoms with Gasteiger partial charge >= 0.3 is 23.8 Å². The Hall–Kier alpha value is -4.25. The van der Waals surface area contributed by atoms with E-state index in [1.807, 2.05) is 38.1 Å². The number of hydrogen-bond donors (Lipinski definition) is 2. The Labute approximate surface area is 355 Å². The van der Waals surface area contributed by atoms with Crippen molar-refractivity contribution in [2.45, 2.75) is 156 Å². The highest BCUT2D eigenvalue weighted by Crippen LogP contribution is 2.76. The molecule has 0 bridgehead atoms. The molecular weight excluding hydrogens is 761 g/mol. The van der Waals surface area contributed by atoms with Crippen molar-refractivity contribution in [2.24, 2.45) is 45.3 Å². The molecular formula is C49H66N2O9. The van der Waals surface area contributed by atoms with Crippen molar-refractivity contribution < 1.29 is 42.9 Å². The van der Waals surface area contributed by atoms with E-state index < -0.39 is 41.1 Å². The predicted molar refractivity (Wildman–Crippen MR) is 227 cm³/mol. The van der Waals surface area contributed by atoms with Gasteiger partial charge in [0.15, 0.2) is 0 Å². The smallest absolute Gasteiger partial charge is 0.397 e. The Morgan fingerprint density at radius 2 is 1.35 bits per heavy atom. The Morgan fingerprint density at radius 1 is 0.733 bits per heavy atom. The number of rotatable bonds is 9. The van der Waals surface area contributed by atoms with Crippen LogP contribution in [-0.2, 0) is 42.9 Å². The molecule has 2 aromatic carbocycles. The van der Waals surface area contributed by atoms with Crippen LogP contribution in [0.4, 0.5) is 11.4 Å². The highest BCUT2D eigenvalue weighted by molar-refractivity contribution is 6.37. The third-order valence-electron chi connectivity index (χ3n) is 16.7. The highest BCUT2D eigenvalue weighted by Gasteiger charge is 2.73. The lowest BCUT2D eigenvalue weighted by Gasteiger charge is -2.70. The Kier molecular flexibility index (Phi) is 11.6. The quantitative estimate of drug-likeness (QED) is 0.109. The molecule has 7 rings (SSSR count). The number of ether oxygens (including phenoxy) is 4. The summed E-state index contributed by atoms with van der Waals surface area (Å²) in [7, 11) is 0. The van der Waals surface area contributed by atoms with Crippen LogP contribution >= 0.6 is 0 Å². The molecule has 326 valence electrons.